The first kappa shape index (κ1) is 54.7. The molecule has 380 valence electrons. The molecule has 14 heteroatoms. The van der Waals surface area contributed by atoms with Gasteiger partial charge in [0.1, 0.15) is 0 Å². The molecule has 0 bridgehead atoms. The lowest BCUT2D eigenvalue weighted by atomic mass is 9.97. The minimum Gasteiger partial charge on any atom is -0.411 e. The van der Waals surface area contributed by atoms with Crippen LogP contribution in [0.5, 0.6) is 0 Å². The fourth-order valence-corrected chi connectivity index (χ4v) is 10.7. The van der Waals surface area contributed by atoms with E-state index in [0.717, 1.165) is 81.2 Å². The molecular weight excluding hydrogens is 988 g/mol. The molecule has 4 heterocycles. The average Bonchev–Trinajstić information content (AvgIpc) is 4.27. The number of hydrogen-bond donors (Lipinski definition) is 3. The van der Waals surface area contributed by atoms with E-state index in [9.17, 15) is 19.6 Å². The van der Waals surface area contributed by atoms with Crippen LogP contribution in [0.15, 0.2) is 162 Å². The number of rotatable bonds is 18. The molecule has 10 rings (SSSR count). The van der Waals surface area contributed by atoms with Crippen molar-refractivity contribution in [2.45, 2.75) is 53.6 Å². The number of hydrogen-bond acceptors (Lipinski definition) is 11. The second kappa shape index (κ2) is 25.7. The van der Waals surface area contributed by atoms with Gasteiger partial charge in [-0.1, -0.05) is 71.9 Å². The third-order valence-electron chi connectivity index (χ3n) is 13.1. The third-order valence-corrected chi connectivity index (χ3v) is 14.8. The molecule has 0 saturated heterocycles. The fourth-order valence-electron chi connectivity index (χ4n) is 9.29. The van der Waals surface area contributed by atoms with Crippen LogP contribution in [0.2, 0.25) is 0 Å². The van der Waals surface area contributed by atoms with Crippen LogP contribution in [0.1, 0.15) is 82.5 Å². The van der Waals surface area contributed by atoms with Gasteiger partial charge in [-0.25, -0.2) is 5.90 Å². The van der Waals surface area contributed by atoms with Gasteiger partial charge in [0.05, 0.1) is 28.7 Å². The van der Waals surface area contributed by atoms with E-state index in [-0.39, 0.29) is 29.8 Å². The summed E-state index contributed by atoms with van der Waals surface area (Å²) in [6.07, 6.45) is 0.892. The minimum absolute atomic E-state index is 0. The number of aryl methyl sites for hydroxylation is 2. The van der Waals surface area contributed by atoms with Crippen molar-refractivity contribution in [1.82, 2.24) is 9.13 Å². The molecule has 0 aliphatic heterocycles. The topological polar surface area (TPSA) is 158 Å². The number of Topliss-reactive ketones (excluding diaryl/α,β-unsaturated/α-hetero) is 1. The second-order valence-electron chi connectivity index (χ2n) is 17.4. The Bertz CT molecular complexity index is 3580. The molecule has 6 aromatic carbocycles. The molecule has 4 aromatic heterocycles. The lowest BCUT2D eigenvalue weighted by Crippen LogP contribution is -2.07. The SMILES string of the molecule is CCOCCn1c2ccc(C(=O)Cc3ccccc3C)cc2c2cc(C(=O)c3cccs3)ccc21.CCOCCn1c2ccc(C(=O)c3cccs3)cc2c2cc(/C(Cc3ccccc3C)=N/O)ccc21.Cl.NO. The van der Waals surface area contributed by atoms with Gasteiger partial charge in [0.2, 0.25) is 11.6 Å². The minimum atomic E-state index is 0. The summed E-state index contributed by atoms with van der Waals surface area (Å²) in [4.78, 5) is 40.8. The highest BCUT2D eigenvalue weighted by atomic mass is 35.5. The molecule has 0 aliphatic carbocycles. The van der Waals surface area contributed by atoms with Gasteiger partial charge in [-0.15, -0.1) is 35.1 Å². The largest absolute Gasteiger partial charge is 0.411 e. The summed E-state index contributed by atoms with van der Waals surface area (Å²) in [5, 5.41) is 27.9. The molecule has 0 fully saturated rings. The number of ether oxygens (including phenoxy) is 2. The van der Waals surface area contributed by atoms with Gasteiger partial charge in [-0.3, -0.25) is 14.4 Å². The molecule has 4 N–H and O–H groups in total. The molecule has 0 saturated carbocycles. The first-order valence-electron chi connectivity index (χ1n) is 24.2. The number of oxime groups is 1. The normalized spacial score (nSPS) is 11.3. The van der Waals surface area contributed by atoms with Gasteiger partial charge in [0.25, 0.3) is 0 Å². The van der Waals surface area contributed by atoms with Crippen LogP contribution in [0.4, 0.5) is 0 Å². The number of thiophene rings is 2. The van der Waals surface area contributed by atoms with Gasteiger partial charge in [-0.2, -0.15) is 0 Å². The Morgan fingerprint density at radius 1 is 0.527 bits per heavy atom. The Kier molecular flexibility index (Phi) is 19.0. The van der Waals surface area contributed by atoms with Crippen molar-refractivity contribution in [3.8, 4) is 0 Å². The van der Waals surface area contributed by atoms with E-state index in [1.54, 1.807) is 0 Å². The van der Waals surface area contributed by atoms with E-state index in [1.807, 2.05) is 153 Å². The standard InChI is InChI=1S/C30H28N2O3S.C30H27NO3S.ClH.H3NO/c1-3-35-15-14-32-27-12-10-22(26(31-34)19-21-8-5-4-7-20(21)2)17-24(27)25-18-23(11-13-28(25)32)30(33)29-9-6-16-36-29;1-3-34-15-14-31-26-12-10-22(28(32)19-21-8-5-4-7-20(21)2)17-24(26)25-18-23(11-13-27(25)31)30(33)29-9-6-16-35-29;;1-2/h4-13,16-18,34H,3,14-15,19H2,1-2H3;4-13,16-18H,3,14-15,19H2,1-2H3;1H;2H,1H2/b31-26+;;;. The van der Waals surface area contributed by atoms with Gasteiger partial charge >= 0.3 is 0 Å². The molecule has 11 nitrogen and oxygen atoms in total. The van der Waals surface area contributed by atoms with Crippen LogP contribution in [-0.2, 0) is 35.4 Å². The summed E-state index contributed by atoms with van der Waals surface area (Å²) in [7, 11) is 0. The van der Waals surface area contributed by atoms with E-state index in [0.29, 0.717) is 74.8 Å². The molecule has 0 atom stereocenters. The zero-order chi connectivity index (χ0) is 51.4. The molecule has 0 aliphatic rings. The highest BCUT2D eigenvalue weighted by Gasteiger charge is 2.20. The van der Waals surface area contributed by atoms with E-state index in [1.165, 1.54) is 22.7 Å². The number of fused-ring (bicyclic) bond motifs is 6. The number of carbonyl (C=O) groups excluding carboxylic acids is 3. The van der Waals surface area contributed by atoms with Crippen LogP contribution in [-0.4, -0.2) is 69.0 Å². The first-order valence-corrected chi connectivity index (χ1v) is 26.0. The van der Waals surface area contributed by atoms with E-state index in [2.05, 4.69) is 51.4 Å². The average molecular weight is 1050 g/mol. The highest BCUT2D eigenvalue weighted by molar-refractivity contribution is 7.12. The van der Waals surface area contributed by atoms with Crippen LogP contribution in [0.3, 0.4) is 0 Å². The monoisotopic (exact) mass is 1050 g/mol. The number of aromatic nitrogens is 2. The van der Waals surface area contributed by atoms with Gasteiger partial charge in [0.15, 0.2) is 5.78 Å². The van der Waals surface area contributed by atoms with E-state index in [4.69, 9.17) is 14.7 Å². The lowest BCUT2D eigenvalue weighted by Gasteiger charge is -2.10. The van der Waals surface area contributed by atoms with Crippen molar-refractivity contribution in [3.63, 3.8) is 0 Å². The smallest absolute Gasteiger partial charge is 0.202 e. The Balaban J connectivity index is 0.000000207. The summed E-state index contributed by atoms with van der Waals surface area (Å²) < 4.78 is 15.7. The van der Waals surface area contributed by atoms with Gasteiger partial charge in [-0.05, 0) is 140 Å². The summed E-state index contributed by atoms with van der Waals surface area (Å²) >= 11 is 2.90. The molecule has 10 aromatic rings. The van der Waals surface area contributed by atoms with Crippen molar-refractivity contribution >= 4 is 102 Å². The third kappa shape index (κ3) is 12.0. The van der Waals surface area contributed by atoms with E-state index >= 15 is 0 Å². The number of nitrogens with two attached hydrogens (primary N) is 1. The summed E-state index contributed by atoms with van der Waals surface area (Å²) in [6.45, 7) is 12.0. The second-order valence-corrected chi connectivity index (χ2v) is 19.3. The Morgan fingerprint density at radius 2 is 0.919 bits per heavy atom. The number of carbonyl (C=O) groups is 3. The van der Waals surface area contributed by atoms with Crippen LogP contribution in [0, 0.1) is 13.8 Å². The Labute approximate surface area is 444 Å². The maximum atomic E-state index is 13.2. The van der Waals surface area contributed by atoms with Crippen molar-refractivity contribution < 1.29 is 34.3 Å². The Hall–Kier alpha value is -7.07. The molecule has 0 radical (unpaired) electrons. The molecular formula is C60H59ClN4O7S2. The van der Waals surface area contributed by atoms with Crippen molar-refractivity contribution in [2.24, 2.45) is 11.1 Å². The zero-order valence-electron chi connectivity index (χ0n) is 41.7. The predicted octanol–water partition coefficient (Wildman–Crippen LogP) is 13.5. The quantitative estimate of drug-likeness (QED) is 0.0252. The van der Waals surface area contributed by atoms with Crippen LogP contribution in [0.25, 0.3) is 43.6 Å². The number of ketones is 3. The molecule has 0 spiro atoms. The predicted molar refractivity (Wildman–Crippen MR) is 303 cm³/mol. The van der Waals surface area contributed by atoms with Crippen molar-refractivity contribution in [2.75, 3.05) is 26.4 Å². The van der Waals surface area contributed by atoms with Crippen molar-refractivity contribution in [1.29, 1.82) is 0 Å². The fraction of sp³-hybridized carbons (Fsp3) is 0.200. The summed E-state index contributed by atoms with van der Waals surface area (Å²) in [5.41, 5.74) is 12.1. The summed E-state index contributed by atoms with van der Waals surface area (Å²) in [5.74, 6) is 3.63. The maximum Gasteiger partial charge on any atom is 0.202 e. The summed E-state index contributed by atoms with van der Waals surface area (Å²) in [6, 6.07) is 47.5. The van der Waals surface area contributed by atoms with Gasteiger partial charge < -0.3 is 29.0 Å². The molecule has 0 unspecified atom stereocenters. The first-order chi connectivity index (χ1) is 35.7. The number of benzene rings is 6. The zero-order valence-corrected chi connectivity index (χ0v) is 44.2. The highest BCUT2D eigenvalue weighted by Crippen LogP contribution is 2.34. The molecule has 74 heavy (non-hydrogen) atoms. The Morgan fingerprint density at radius 3 is 1.32 bits per heavy atom. The van der Waals surface area contributed by atoms with E-state index < -0.39 is 0 Å². The number of nitrogens with zero attached hydrogens (tertiary/aromatic N) is 3. The number of halogens is 1. The van der Waals surface area contributed by atoms with Crippen LogP contribution >= 0.6 is 35.1 Å². The van der Waals surface area contributed by atoms with Crippen LogP contribution < -0.4 is 5.90 Å². The maximum absolute atomic E-state index is 13.2. The molecule has 0 amide bonds. The van der Waals surface area contributed by atoms with Gasteiger partial charge in [0, 0.05) is 105 Å². The lowest BCUT2D eigenvalue weighted by molar-refractivity contribution is 0.0990. The van der Waals surface area contributed by atoms with Crippen molar-refractivity contribution in [3.05, 3.63) is 211 Å².